The Hall–Kier alpha value is -2.13. The summed E-state index contributed by atoms with van der Waals surface area (Å²) in [7, 11) is 0. The number of aliphatic hydroxyl groups is 1. The van der Waals surface area contributed by atoms with Crippen LogP contribution in [0.5, 0.6) is 0 Å². The first-order valence-corrected chi connectivity index (χ1v) is 7.68. The van der Waals surface area contributed by atoms with Gasteiger partial charge < -0.3 is 10.0 Å². The minimum absolute atomic E-state index is 0.0533. The predicted octanol–water partition coefficient (Wildman–Crippen LogP) is 2.82. The van der Waals surface area contributed by atoms with E-state index in [1.54, 1.807) is 0 Å². The molecule has 4 rings (SSSR count). The summed E-state index contributed by atoms with van der Waals surface area (Å²) in [4.78, 5) is 14.9. The minimum atomic E-state index is -0.663. The number of fused-ring (bicyclic) bond motifs is 1. The third-order valence-corrected chi connectivity index (χ3v) is 5.63. The lowest BCUT2D eigenvalue weighted by atomic mass is 9.98. The van der Waals surface area contributed by atoms with Gasteiger partial charge in [0.25, 0.3) is 0 Å². The third kappa shape index (κ3) is 1.47. The van der Waals surface area contributed by atoms with E-state index in [4.69, 9.17) is 0 Å². The van der Waals surface area contributed by atoms with Crippen LogP contribution >= 0.6 is 0 Å². The van der Waals surface area contributed by atoms with Crippen molar-refractivity contribution in [1.29, 1.82) is 0 Å². The first-order valence-electron chi connectivity index (χ1n) is 7.68. The fourth-order valence-corrected chi connectivity index (χ4v) is 4.45. The lowest BCUT2D eigenvalue weighted by molar-refractivity contribution is -0.124. The van der Waals surface area contributed by atoms with Gasteiger partial charge in [-0.1, -0.05) is 55.5 Å². The van der Waals surface area contributed by atoms with Crippen molar-refractivity contribution in [2.45, 2.75) is 12.8 Å². The van der Waals surface area contributed by atoms with Gasteiger partial charge in [0.05, 0.1) is 12.0 Å². The number of aliphatic hydroxyl groups excluding tert-OH is 1. The lowest BCUT2D eigenvalue weighted by Gasteiger charge is -2.24. The van der Waals surface area contributed by atoms with Gasteiger partial charge in [0.1, 0.15) is 0 Å². The van der Waals surface area contributed by atoms with E-state index in [0.29, 0.717) is 6.54 Å². The Morgan fingerprint density at radius 1 is 1.09 bits per heavy atom. The molecule has 1 heterocycles. The molecule has 3 heteroatoms. The van der Waals surface area contributed by atoms with Gasteiger partial charge in [-0.3, -0.25) is 4.79 Å². The number of carbonyl (C=O) groups is 1. The highest BCUT2D eigenvalue weighted by molar-refractivity contribution is 6.05. The zero-order valence-electron chi connectivity index (χ0n) is 12.6. The SMILES string of the molecule is C[C@]12CN(c3ccccc3)C(=O)[C@@]1(CO)[C@@H]2c1ccccc1. The molecule has 112 valence electrons. The van der Waals surface area contributed by atoms with E-state index in [0.717, 1.165) is 11.3 Å². The Kier molecular flexibility index (Phi) is 2.73. The highest BCUT2D eigenvalue weighted by atomic mass is 16.3. The van der Waals surface area contributed by atoms with Crippen molar-refractivity contribution in [3.05, 3.63) is 66.2 Å². The second-order valence-electron chi connectivity index (χ2n) is 6.62. The predicted molar refractivity (Wildman–Crippen MR) is 85.6 cm³/mol. The summed E-state index contributed by atoms with van der Waals surface area (Å²) < 4.78 is 0. The maximum atomic E-state index is 13.1. The first-order chi connectivity index (χ1) is 10.6. The molecule has 1 saturated carbocycles. The summed E-state index contributed by atoms with van der Waals surface area (Å²) in [5.41, 5.74) is 1.21. The molecule has 3 atom stereocenters. The van der Waals surface area contributed by atoms with E-state index in [1.165, 1.54) is 0 Å². The van der Waals surface area contributed by atoms with Gasteiger partial charge in [0, 0.05) is 23.6 Å². The van der Waals surface area contributed by atoms with Crippen LogP contribution in [0.3, 0.4) is 0 Å². The molecule has 0 aromatic heterocycles. The Balaban J connectivity index is 1.73. The molecule has 1 saturated heterocycles. The molecule has 1 aliphatic carbocycles. The van der Waals surface area contributed by atoms with Crippen LogP contribution in [-0.2, 0) is 4.79 Å². The van der Waals surface area contributed by atoms with Crippen LogP contribution in [0.25, 0.3) is 0 Å². The monoisotopic (exact) mass is 293 g/mol. The van der Waals surface area contributed by atoms with Gasteiger partial charge in [-0.15, -0.1) is 0 Å². The number of para-hydroxylation sites is 1. The summed E-state index contributed by atoms with van der Waals surface area (Å²) in [6, 6.07) is 19.8. The van der Waals surface area contributed by atoms with Crippen LogP contribution in [-0.4, -0.2) is 24.2 Å². The molecule has 2 aromatic carbocycles. The van der Waals surface area contributed by atoms with Crippen LogP contribution < -0.4 is 4.90 Å². The number of hydrogen-bond acceptors (Lipinski definition) is 2. The molecule has 0 bridgehead atoms. The van der Waals surface area contributed by atoms with E-state index in [2.05, 4.69) is 19.1 Å². The molecule has 22 heavy (non-hydrogen) atoms. The normalized spacial score (nSPS) is 32.9. The highest BCUT2D eigenvalue weighted by Gasteiger charge is 2.82. The van der Waals surface area contributed by atoms with Gasteiger partial charge >= 0.3 is 0 Å². The second-order valence-corrected chi connectivity index (χ2v) is 6.62. The maximum absolute atomic E-state index is 13.1. The minimum Gasteiger partial charge on any atom is -0.395 e. The Labute approximate surface area is 130 Å². The number of amides is 1. The van der Waals surface area contributed by atoms with Crippen molar-refractivity contribution in [1.82, 2.24) is 0 Å². The molecule has 0 spiro atoms. The molecule has 3 nitrogen and oxygen atoms in total. The van der Waals surface area contributed by atoms with Crippen molar-refractivity contribution in [3.63, 3.8) is 0 Å². The number of piperidine rings is 1. The number of hydrogen-bond donors (Lipinski definition) is 1. The van der Waals surface area contributed by atoms with Gasteiger partial charge in [0.2, 0.25) is 5.91 Å². The molecule has 2 aliphatic rings. The zero-order chi connectivity index (χ0) is 15.4. The first kappa shape index (κ1) is 13.5. The average molecular weight is 293 g/mol. The number of benzene rings is 2. The maximum Gasteiger partial charge on any atom is 0.236 e. The quantitative estimate of drug-likeness (QED) is 0.945. The van der Waals surface area contributed by atoms with E-state index in [-0.39, 0.29) is 23.8 Å². The Morgan fingerprint density at radius 2 is 1.68 bits per heavy atom. The van der Waals surface area contributed by atoms with E-state index in [1.807, 2.05) is 53.4 Å². The molecule has 0 radical (unpaired) electrons. The van der Waals surface area contributed by atoms with E-state index in [9.17, 15) is 9.90 Å². The van der Waals surface area contributed by atoms with Crippen molar-refractivity contribution in [2.75, 3.05) is 18.1 Å². The van der Waals surface area contributed by atoms with Crippen molar-refractivity contribution >= 4 is 11.6 Å². The van der Waals surface area contributed by atoms with Crippen LogP contribution in [0, 0.1) is 10.8 Å². The number of rotatable bonds is 3. The summed E-state index contributed by atoms with van der Waals surface area (Å²) in [5, 5.41) is 10.1. The molecule has 1 N–H and O–H groups in total. The largest absolute Gasteiger partial charge is 0.395 e. The number of carbonyl (C=O) groups excluding carboxylic acids is 1. The molecule has 2 aromatic rings. The Bertz CT molecular complexity index is 715. The van der Waals surface area contributed by atoms with Gasteiger partial charge in [0.15, 0.2) is 0 Å². The molecule has 1 aliphatic heterocycles. The van der Waals surface area contributed by atoms with Gasteiger partial charge in [-0.05, 0) is 17.7 Å². The van der Waals surface area contributed by atoms with E-state index < -0.39 is 5.41 Å². The third-order valence-electron chi connectivity index (χ3n) is 5.63. The summed E-state index contributed by atoms with van der Waals surface area (Å²) in [6.07, 6.45) is 0. The fraction of sp³-hybridized carbons (Fsp3) is 0.316. The topological polar surface area (TPSA) is 40.5 Å². The number of anilines is 1. The van der Waals surface area contributed by atoms with Gasteiger partial charge in [-0.25, -0.2) is 0 Å². The van der Waals surface area contributed by atoms with Crippen LogP contribution in [0.4, 0.5) is 5.69 Å². The summed E-state index contributed by atoms with van der Waals surface area (Å²) in [6.45, 7) is 2.70. The molecule has 0 unspecified atom stereocenters. The van der Waals surface area contributed by atoms with Crippen LogP contribution in [0.15, 0.2) is 60.7 Å². The summed E-state index contributed by atoms with van der Waals surface area (Å²) in [5.74, 6) is 0.163. The summed E-state index contributed by atoms with van der Waals surface area (Å²) >= 11 is 0. The Morgan fingerprint density at radius 3 is 2.23 bits per heavy atom. The standard InChI is InChI=1S/C19H19NO2/c1-18-12-20(15-10-6-3-7-11-15)17(22)19(18,13-21)16(18)14-8-4-2-5-9-14/h2-11,16,21H,12-13H2,1H3/t16-,18-,19-/m1/s1. The number of nitrogens with zero attached hydrogens (tertiary/aromatic N) is 1. The van der Waals surface area contributed by atoms with Crippen LogP contribution in [0.1, 0.15) is 18.4 Å². The second kappa shape index (κ2) is 4.43. The van der Waals surface area contributed by atoms with Gasteiger partial charge in [-0.2, -0.15) is 0 Å². The lowest BCUT2D eigenvalue weighted by Crippen LogP contribution is -2.35. The average Bonchev–Trinajstić information content (AvgIpc) is 3.04. The molecular formula is C19H19NO2. The highest BCUT2D eigenvalue weighted by Crippen LogP contribution is 2.77. The molecular weight excluding hydrogens is 274 g/mol. The van der Waals surface area contributed by atoms with Crippen molar-refractivity contribution < 1.29 is 9.90 Å². The van der Waals surface area contributed by atoms with Crippen LogP contribution in [0.2, 0.25) is 0 Å². The van der Waals surface area contributed by atoms with E-state index >= 15 is 0 Å². The zero-order valence-corrected chi connectivity index (χ0v) is 12.6. The van der Waals surface area contributed by atoms with Crippen molar-refractivity contribution in [3.8, 4) is 0 Å². The molecule has 2 fully saturated rings. The smallest absolute Gasteiger partial charge is 0.236 e. The fourth-order valence-electron chi connectivity index (χ4n) is 4.45. The van der Waals surface area contributed by atoms with Crippen molar-refractivity contribution in [2.24, 2.45) is 10.8 Å². The molecule has 1 amide bonds.